The van der Waals surface area contributed by atoms with Gasteiger partial charge >= 0.3 is 0 Å². The van der Waals surface area contributed by atoms with Crippen LogP contribution in [0.3, 0.4) is 0 Å². The topological polar surface area (TPSA) is 46.2 Å². The second-order valence-corrected chi connectivity index (χ2v) is 6.70. The number of hydrogen-bond donors (Lipinski definition) is 1. The van der Waals surface area contributed by atoms with Crippen LogP contribution in [0.2, 0.25) is 10.0 Å². The molecule has 0 radical (unpaired) electrons. The molecule has 1 N–H and O–H groups in total. The Kier molecular flexibility index (Phi) is 4.65. The lowest BCUT2D eigenvalue weighted by Gasteiger charge is -2.07. The molecule has 0 aromatic heterocycles. The van der Waals surface area contributed by atoms with Crippen molar-refractivity contribution in [3.63, 3.8) is 0 Å². The molecule has 2 aromatic rings. The minimum atomic E-state index is -3.70. The largest absolute Gasteiger partial charge is 0.240 e. The van der Waals surface area contributed by atoms with Crippen molar-refractivity contribution >= 4 is 33.2 Å². The van der Waals surface area contributed by atoms with E-state index in [2.05, 4.69) is 4.72 Å². The van der Waals surface area contributed by atoms with Crippen LogP contribution in [-0.2, 0) is 16.6 Å². The first-order valence-electron chi connectivity index (χ1n) is 5.57. The van der Waals surface area contributed by atoms with Gasteiger partial charge in [0, 0.05) is 16.6 Å². The van der Waals surface area contributed by atoms with E-state index < -0.39 is 15.8 Å². The van der Waals surface area contributed by atoms with E-state index in [1.807, 2.05) is 0 Å². The quantitative estimate of drug-likeness (QED) is 0.928. The molecule has 0 amide bonds. The van der Waals surface area contributed by atoms with Gasteiger partial charge in [-0.05, 0) is 48.0 Å². The maximum Gasteiger partial charge on any atom is 0.240 e. The highest BCUT2D eigenvalue weighted by atomic mass is 35.5. The molecule has 7 heteroatoms. The van der Waals surface area contributed by atoms with Crippen LogP contribution in [0, 0.1) is 5.82 Å². The molecule has 106 valence electrons. The van der Waals surface area contributed by atoms with Crippen LogP contribution in [0.25, 0.3) is 0 Å². The van der Waals surface area contributed by atoms with Gasteiger partial charge in [0.05, 0.1) is 4.90 Å². The Morgan fingerprint density at radius 2 is 1.55 bits per heavy atom. The number of rotatable bonds is 4. The summed E-state index contributed by atoms with van der Waals surface area (Å²) in [5.74, 6) is -0.495. The van der Waals surface area contributed by atoms with Gasteiger partial charge in [0.2, 0.25) is 10.0 Å². The minimum Gasteiger partial charge on any atom is -0.207 e. The van der Waals surface area contributed by atoms with Gasteiger partial charge in [-0.15, -0.1) is 0 Å². The Hall–Kier alpha value is -1.14. The first kappa shape index (κ1) is 15.3. The van der Waals surface area contributed by atoms with Gasteiger partial charge in [0.25, 0.3) is 0 Å². The van der Waals surface area contributed by atoms with E-state index in [1.54, 1.807) is 18.2 Å². The first-order valence-corrected chi connectivity index (χ1v) is 7.81. The minimum absolute atomic E-state index is 0.00738. The zero-order chi connectivity index (χ0) is 14.8. The molecule has 0 bridgehead atoms. The van der Waals surface area contributed by atoms with E-state index in [1.165, 1.54) is 12.1 Å². The molecular weight excluding hydrogens is 324 g/mol. The molecule has 2 aromatic carbocycles. The van der Waals surface area contributed by atoms with Crippen LogP contribution in [0.1, 0.15) is 5.56 Å². The first-order chi connectivity index (χ1) is 9.37. The fraction of sp³-hybridized carbons (Fsp3) is 0.0769. The molecule has 0 atom stereocenters. The van der Waals surface area contributed by atoms with E-state index in [-0.39, 0.29) is 11.4 Å². The van der Waals surface area contributed by atoms with E-state index in [4.69, 9.17) is 23.2 Å². The fourth-order valence-electron chi connectivity index (χ4n) is 1.59. The molecule has 0 saturated carbocycles. The molecular formula is C13H10Cl2FNO2S. The van der Waals surface area contributed by atoms with E-state index >= 15 is 0 Å². The van der Waals surface area contributed by atoms with Crippen LogP contribution in [0.15, 0.2) is 47.4 Å². The van der Waals surface area contributed by atoms with Crippen molar-refractivity contribution < 1.29 is 12.8 Å². The van der Waals surface area contributed by atoms with Crippen LogP contribution in [0.5, 0.6) is 0 Å². The van der Waals surface area contributed by atoms with Crippen LogP contribution >= 0.6 is 23.2 Å². The molecule has 0 aliphatic rings. The fourth-order valence-corrected chi connectivity index (χ4v) is 3.18. The number of sulfonamides is 1. The summed E-state index contributed by atoms with van der Waals surface area (Å²) in [4.78, 5) is -0.00738. The van der Waals surface area contributed by atoms with Gasteiger partial charge in [-0.25, -0.2) is 17.5 Å². The molecule has 20 heavy (non-hydrogen) atoms. The molecule has 3 nitrogen and oxygen atoms in total. The van der Waals surface area contributed by atoms with Gasteiger partial charge < -0.3 is 0 Å². The van der Waals surface area contributed by atoms with Gasteiger partial charge in [-0.2, -0.15) is 0 Å². The summed E-state index contributed by atoms with van der Waals surface area (Å²) in [6, 6.07) is 9.35. The predicted octanol–water partition coefficient (Wildman–Crippen LogP) is 3.61. The van der Waals surface area contributed by atoms with Gasteiger partial charge in [0.15, 0.2) is 0 Å². The predicted molar refractivity (Wildman–Crippen MR) is 76.9 cm³/mol. The molecule has 0 heterocycles. The SMILES string of the molecule is O=S(=O)(NCc1cc(Cl)cc(Cl)c1)c1ccc(F)cc1. The molecule has 0 aliphatic carbocycles. The normalized spacial score (nSPS) is 11.6. The molecule has 0 aliphatic heterocycles. The summed E-state index contributed by atoms with van der Waals surface area (Å²) in [5, 5.41) is 0.849. The molecule has 0 unspecified atom stereocenters. The maximum atomic E-state index is 12.8. The van der Waals surface area contributed by atoms with Crippen LogP contribution < -0.4 is 4.72 Å². The second-order valence-electron chi connectivity index (χ2n) is 4.06. The summed E-state index contributed by atoms with van der Waals surface area (Å²) in [5.41, 5.74) is 0.633. The zero-order valence-electron chi connectivity index (χ0n) is 10.1. The third kappa shape index (κ3) is 3.93. The van der Waals surface area contributed by atoms with Gasteiger partial charge in [0.1, 0.15) is 5.82 Å². The summed E-state index contributed by atoms with van der Waals surface area (Å²) in [6.45, 7) is 0.0417. The van der Waals surface area contributed by atoms with Crippen molar-refractivity contribution in [3.8, 4) is 0 Å². The van der Waals surface area contributed by atoms with Crippen molar-refractivity contribution in [1.29, 1.82) is 0 Å². The average Bonchev–Trinajstić information content (AvgIpc) is 2.36. The molecule has 0 fully saturated rings. The standard InChI is InChI=1S/C13H10Cl2FNO2S/c14-10-5-9(6-11(15)7-10)8-17-20(18,19)13-3-1-12(16)2-4-13/h1-7,17H,8H2. The Bertz CT molecular complexity index is 697. The smallest absolute Gasteiger partial charge is 0.207 e. The van der Waals surface area contributed by atoms with Crippen molar-refractivity contribution in [2.75, 3.05) is 0 Å². The van der Waals surface area contributed by atoms with Crippen molar-refractivity contribution in [2.45, 2.75) is 11.4 Å². The maximum absolute atomic E-state index is 12.8. The number of halogens is 3. The number of hydrogen-bond acceptors (Lipinski definition) is 2. The summed E-state index contributed by atoms with van der Waals surface area (Å²) in [6.07, 6.45) is 0. The van der Waals surface area contributed by atoms with Gasteiger partial charge in [-0.1, -0.05) is 23.2 Å². The summed E-state index contributed by atoms with van der Waals surface area (Å²) < 4.78 is 39.1. The highest BCUT2D eigenvalue weighted by Gasteiger charge is 2.13. The van der Waals surface area contributed by atoms with Crippen LogP contribution in [0.4, 0.5) is 4.39 Å². The van der Waals surface area contributed by atoms with Crippen molar-refractivity contribution in [1.82, 2.24) is 4.72 Å². The Morgan fingerprint density at radius 1 is 1.00 bits per heavy atom. The lowest BCUT2D eigenvalue weighted by atomic mass is 10.2. The van der Waals surface area contributed by atoms with E-state index in [0.29, 0.717) is 15.6 Å². The average molecular weight is 334 g/mol. The summed E-state index contributed by atoms with van der Waals surface area (Å²) in [7, 11) is -3.70. The summed E-state index contributed by atoms with van der Waals surface area (Å²) >= 11 is 11.7. The Balaban J connectivity index is 2.15. The van der Waals surface area contributed by atoms with Crippen molar-refractivity contribution in [2.24, 2.45) is 0 Å². The van der Waals surface area contributed by atoms with E-state index in [0.717, 1.165) is 12.1 Å². The lowest BCUT2D eigenvalue weighted by molar-refractivity contribution is 0.580. The molecule has 0 spiro atoms. The highest BCUT2D eigenvalue weighted by molar-refractivity contribution is 7.89. The highest BCUT2D eigenvalue weighted by Crippen LogP contribution is 2.19. The zero-order valence-corrected chi connectivity index (χ0v) is 12.4. The van der Waals surface area contributed by atoms with Crippen molar-refractivity contribution in [3.05, 3.63) is 63.9 Å². The second kappa shape index (κ2) is 6.10. The number of benzene rings is 2. The van der Waals surface area contributed by atoms with E-state index in [9.17, 15) is 12.8 Å². The lowest BCUT2D eigenvalue weighted by Crippen LogP contribution is -2.23. The number of nitrogens with one attached hydrogen (secondary N) is 1. The third-order valence-electron chi connectivity index (χ3n) is 2.51. The van der Waals surface area contributed by atoms with Crippen LogP contribution in [-0.4, -0.2) is 8.42 Å². The Labute approximate surface area is 126 Å². The monoisotopic (exact) mass is 333 g/mol. The Morgan fingerprint density at radius 3 is 2.10 bits per heavy atom. The third-order valence-corrected chi connectivity index (χ3v) is 4.37. The molecule has 2 rings (SSSR count). The van der Waals surface area contributed by atoms with Gasteiger partial charge in [-0.3, -0.25) is 0 Å². The molecule has 0 saturated heterocycles.